The SMILES string of the molecule is CCOC(=O)N1CCN(C(=O)CCCc2c(-c3ccccn3)[nH]c3ccc(C)cc23)CC1. The number of pyridine rings is 1. The van der Waals surface area contributed by atoms with Crippen molar-refractivity contribution in [1.29, 1.82) is 0 Å². The molecule has 0 aliphatic carbocycles. The normalized spacial score (nSPS) is 14.1. The monoisotopic (exact) mass is 434 g/mol. The number of hydrogen-bond donors (Lipinski definition) is 1. The van der Waals surface area contributed by atoms with E-state index in [0.717, 1.165) is 29.7 Å². The number of piperazine rings is 1. The van der Waals surface area contributed by atoms with Crippen LogP contribution in [0, 0.1) is 6.92 Å². The van der Waals surface area contributed by atoms with E-state index >= 15 is 0 Å². The molecule has 0 radical (unpaired) electrons. The third kappa shape index (κ3) is 4.77. The summed E-state index contributed by atoms with van der Waals surface area (Å²) in [6.45, 7) is 6.42. The molecule has 7 heteroatoms. The molecule has 1 aliphatic rings. The smallest absolute Gasteiger partial charge is 0.409 e. The molecule has 0 spiro atoms. The number of amides is 2. The number of ether oxygens (including phenoxy) is 1. The quantitative estimate of drug-likeness (QED) is 0.632. The van der Waals surface area contributed by atoms with Gasteiger partial charge in [-0.25, -0.2) is 4.79 Å². The van der Waals surface area contributed by atoms with Gasteiger partial charge in [0, 0.05) is 49.7 Å². The van der Waals surface area contributed by atoms with Crippen molar-refractivity contribution in [3.05, 3.63) is 53.7 Å². The molecule has 0 atom stereocenters. The summed E-state index contributed by atoms with van der Waals surface area (Å²) in [7, 11) is 0. The number of aryl methyl sites for hydroxylation is 2. The fourth-order valence-corrected chi connectivity index (χ4v) is 4.28. The lowest BCUT2D eigenvalue weighted by Crippen LogP contribution is -2.50. The van der Waals surface area contributed by atoms with Crippen molar-refractivity contribution >= 4 is 22.9 Å². The fraction of sp³-hybridized carbons (Fsp3) is 0.400. The zero-order chi connectivity index (χ0) is 22.5. The zero-order valence-corrected chi connectivity index (χ0v) is 18.8. The van der Waals surface area contributed by atoms with Crippen LogP contribution in [0.1, 0.15) is 30.9 Å². The number of fused-ring (bicyclic) bond motifs is 1. The predicted molar refractivity (Wildman–Crippen MR) is 124 cm³/mol. The molecule has 2 amide bonds. The van der Waals surface area contributed by atoms with Crippen LogP contribution in [-0.2, 0) is 16.0 Å². The van der Waals surface area contributed by atoms with Gasteiger partial charge >= 0.3 is 6.09 Å². The van der Waals surface area contributed by atoms with Crippen LogP contribution < -0.4 is 0 Å². The number of hydrogen-bond acceptors (Lipinski definition) is 4. The molecule has 1 N–H and O–H groups in total. The standard InChI is InChI=1S/C25H30N4O3/c1-3-32-25(31)29-15-13-28(14-16-29)23(30)9-6-7-19-20-17-18(2)10-11-21(20)27-24(19)22-8-4-5-12-26-22/h4-5,8,10-12,17,27H,3,6-7,9,13-16H2,1-2H3. The van der Waals surface area contributed by atoms with Gasteiger partial charge in [0.2, 0.25) is 5.91 Å². The maximum Gasteiger partial charge on any atom is 0.409 e. The molecule has 1 aliphatic heterocycles. The van der Waals surface area contributed by atoms with Crippen molar-refractivity contribution in [2.75, 3.05) is 32.8 Å². The number of nitrogens with zero attached hydrogens (tertiary/aromatic N) is 3. The van der Waals surface area contributed by atoms with E-state index in [1.54, 1.807) is 18.0 Å². The molecular formula is C25H30N4O3. The molecule has 4 rings (SSSR count). The molecule has 32 heavy (non-hydrogen) atoms. The molecule has 0 unspecified atom stereocenters. The Morgan fingerprint density at radius 2 is 1.88 bits per heavy atom. The Labute approximate surface area is 188 Å². The summed E-state index contributed by atoms with van der Waals surface area (Å²) in [5.41, 5.74) is 5.45. The number of rotatable bonds is 6. The van der Waals surface area contributed by atoms with Crippen molar-refractivity contribution in [2.45, 2.75) is 33.1 Å². The van der Waals surface area contributed by atoms with Gasteiger partial charge in [0.25, 0.3) is 0 Å². The Bertz CT molecular complexity index is 1090. The van der Waals surface area contributed by atoms with E-state index in [0.29, 0.717) is 39.2 Å². The zero-order valence-electron chi connectivity index (χ0n) is 18.8. The fourth-order valence-electron chi connectivity index (χ4n) is 4.28. The summed E-state index contributed by atoms with van der Waals surface area (Å²) in [4.78, 5) is 36.2. The van der Waals surface area contributed by atoms with Crippen LogP contribution in [0.25, 0.3) is 22.3 Å². The van der Waals surface area contributed by atoms with Crippen LogP contribution in [-0.4, -0.2) is 64.6 Å². The second-order valence-corrected chi connectivity index (χ2v) is 8.16. The molecule has 2 aromatic heterocycles. The topological polar surface area (TPSA) is 78.5 Å². The summed E-state index contributed by atoms with van der Waals surface area (Å²) in [6, 6.07) is 12.3. The average Bonchev–Trinajstić information content (AvgIpc) is 3.17. The van der Waals surface area contributed by atoms with Crippen LogP contribution in [0.2, 0.25) is 0 Å². The van der Waals surface area contributed by atoms with Gasteiger partial charge in [-0.15, -0.1) is 0 Å². The van der Waals surface area contributed by atoms with Gasteiger partial charge in [0.05, 0.1) is 18.0 Å². The molecular weight excluding hydrogens is 404 g/mol. The highest BCUT2D eigenvalue weighted by Gasteiger charge is 2.24. The molecule has 3 aromatic rings. The van der Waals surface area contributed by atoms with E-state index in [1.165, 1.54) is 16.5 Å². The largest absolute Gasteiger partial charge is 0.450 e. The maximum atomic E-state index is 12.8. The van der Waals surface area contributed by atoms with Crippen LogP contribution in [0.3, 0.4) is 0 Å². The lowest BCUT2D eigenvalue weighted by atomic mass is 10.0. The van der Waals surface area contributed by atoms with Crippen LogP contribution >= 0.6 is 0 Å². The Balaban J connectivity index is 1.41. The second-order valence-electron chi connectivity index (χ2n) is 8.16. The van der Waals surface area contributed by atoms with Gasteiger partial charge in [0.15, 0.2) is 0 Å². The molecule has 1 aromatic carbocycles. The summed E-state index contributed by atoms with van der Waals surface area (Å²) < 4.78 is 5.05. The van der Waals surface area contributed by atoms with Crippen LogP contribution in [0.5, 0.6) is 0 Å². The Morgan fingerprint density at radius 3 is 2.59 bits per heavy atom. The van der Waals surface area contributed by atoms with E-state index in [-0.39, 0.29) is 12.0 Å². The predicted octanol–water partition coefficient (Wildman–Crippen LogP) is 4.16. The van der Waals surface area contributed by atoms with E-state index in [4.69, 9.17) is 4.74 Å². The van der Waals surface area contributed by atoms with Crippen molar-refractivity contribution < 1.29 is 14.3 Å². The molecule has 1 fully saturated rings. The minimum atomic E-state index is -0.295. The van der Waals surface area contributed by atoms with Crippen molar-refractivity contribution in [3.8, 4) is 11.4 Å². The molecule has 1 saturated heterocycles. The highest BCUT2D eigenvalue weighted by atomic mass is 16.6. The Morgan fingerprint density at radius 1 is 1.09 bits per heavy atom. The Hall–Kier alpha value is -3.35. The molecule has 168 valence electrons. The summed E-state index contributed by atoms with van der Waals surface area (Å²) in [5, 5.41) is 1.20. The Kier molecular flexibility index (Phi) is 6.73. The van der Waals surface area contributed by atoms with Crippen molar-refractivity contribution in [1.82, 2.24) is 19.8 Å². The number of H-pyrrole nitrogens is 1. The summed E-state index contributed by atoms with van der Waals surface area (Å²) >= 11 is 0. The van der Waals surface area contributed by atoms with Crippen molar-refractivity contribution in [3.63, 3.8) is 0 Å². The molecule has 0 bridgehead atoms. The number of aromatic nitrogens is 2. The van der Waals surface area contributed by atoms with Crippen LogP contribution in [0.15, 0.2) is 42.6 Å². The van der Waals surface area contributed by atoms with E-state index in [9.17, 15) is 9.59 Å². The van der Waals surface area contributed by atoms with Crippen molar-refractivity contribution in [2.24, 2.45) is 0 Å². The highest BCUT2D eigenvalue weighted by Crippen LogP contribution is 2.31. The number of carbonyl (C=O) groups is 2. The first-order valence-electron chi connectivity index (χ1n) is 11.3. The van der Waals surface area contributed by atoms with Gasteiger partial charge in [0.1, 0.15) is 0 Å². The van der Waals surface area contributed by atoms with Gasteiger partial charge in [-0.1, -0.05) is 17.7 Å². The number of carbonyl (C=O) groups excluding carboxylic acids is 2. The number of nitrogens with one attached hydrogen (secondary N) is 1. The first-order valence-corrected chi connectivity index (χ1v) is 11.3. The minimum absolute atomic E-state index is 0.143. The second kappa shape index (κ2) is 9.85. The summed E-state index contributed by atoms with van der Waals surface area (Å²) in [6.07, 6.45) is 3.55. The minimum Gasteiger partial charge on any atom is -0.450 e. The van der Waals surface area contributed by atoms with E-state index in [1.807, 2.05) is 23.1 Å². The lowest BCUT2D eigenvalue weighted by Gasteiger charge is -2.34. The molecule has 0 saturated carbocycles. The highest BCUT2D eigenvalue weighted by molar-refractivity contribution is 5.90. The third-order valence-corrected chi connectivity index (χ3v) is 5.96. The maximum absolute atomic E-state index is 12.8. The molecule has 3 heterocycles. The van der Waals surface area contributed by atoms with Gasteiger partial charge in [-0.3, -0.25) is 9.78 Å². The van der Waals surface area contributed by atoms with Gasteiger partial charge < -0.3 is 19.5 Å². The number of aromatic amines is 1. The van der Waals surface area contributed by atoms with E-state index in [2.05, 4.69) is 35.1 Å². The average molecular weight is 435 g/mol. The van der Waals surface area contributed by atoms with Gasteiger partial charge in [-0.2, -0.15) is 0 Å². The first-order chi connectivity index (χ1) is 15.6. The van der Waals surface area contributed by atoms with Gasteiger partial charge in [-0.05, 0) is 56.5 Å². The third-order valence-electron chi connectivity index (χ3n) is 5.96. The lowest BCUT2D eigenvalue weighted by molar-refractivity contribution is -0.132. The van der Waals surface area contributed by atoms with Crippen LogP contribution in [0.4, 0.5) is 4.79 Å². The summed E-state index contributed by atoms with van der Waals surface area (Å²) in [5.74, 6) is 0.143. The first kappa shape index (κ1) is 21.9. The number of benzene rings is 1. The van der Waals surface area contributed by atoms with E-state index < -0.39 is 0 Å². The molecule has 7 nitrogen and oxygen atoms in total.